The molecule has 0 radical (unpaired) electrons. The summed E-state index contributed by atoms with van der Waals surface area (Å²) in [5.74, 6) is 3.41. The summed E-state index contributed by atoms with van der Waals surface area (Å²) >= 11 is 1.83. The zero-order valence-electron chi connectivity index (χ0n) is 11.5. The number of thioether (sulfide) groups is 1. The largest absolute Gasteiger partial charge is 0.493 e. The first-order chi connectivity index (χ1) is 9.33. The molecular weight excluding hydrogens is 264 g/mol. The molecule has 0 atom stereocenters. The fourth-order valence-electron chi connectivity index (χ4n) is 1.60. The van der Waals surface area contributed by atoms with Crippen molar-refractivity contribution in [2.75, 3.05) is 38.9 Å². The van der Waals surface area contributed by atoms with Crippen LogP contribution in [0.15, 0.2) is 12.3 Å². The molecule has 2 N–H and O–H groups in total. The number of hydrogen-bond donors (Lipinski definition) is 2. The van der Waals surface area contributed by atoms with Gasteiger partial charge in [-0.25, -0.2) is 0 Å². The van der Waals surface area contributed by atoms with E-state index in [1.165, 1.54) is 0 Å². The molecule has 0 aromatic carbocycles. The zero-order chi connectivity index (χ0) is 13.9. The van der Waals surface area contributed by atoms with Gasteiger partial charge < -0.3 is 19.9 Å². The molecule has 108 valence electrons. The monoisotopic (exact) mass is 286 g/mol. The number of pyridine rings is 1. The molecule has 1 aromatic rings. The molecular formula is C13H22N2O3S. The van der Waals surface area contributed by atoms with Gasteiger partial charge in [0.05, 0.1) is 19.9 Å². The molecule has 1 rings (SSSR count). The maximum Gasteiger partial charge on any atom is 0.183 e. The van der Waals surface area contributed by atoms with Crippen LogP contribution in [0.2, 0.25) is 0 Å². The van der Waals surface area contributed by atoms with Crippen molar-refractivity contribution in [1.29, 1.82) is 0 Å². The Labute approximate surface area is 118 Å². The van der Waals surface area contributed by atoms with Crippen LogP contribution in [0.4, 0.5) is 0 Å². The fourth-order valence-corrected chi connectivity index (χ4v) is 2.42. The molecule has 0 amide bonds. The van der Waals surface area contributed by atoms with Crippen LogP contribution in [-0.2, 0) is 6.54 Å². The molecule has 6 heteroatoms. The third-order valence-electron chi connectivity index (χ3n) is 2.53. The van der Waals surface area contributed by atoms with Crippen molar-refractivity contribution in [2.45, 2.75) is 13.0 Å². The number of rotatable bonds is 10. The maximum absolute atomic E-state index is 8.66. The maximum atomic E-state index is 8.66. The molecule has 0 fully saturated rings. The molecule has 0 unspecified atom stereocenters. The summed E-state index contributed by atoms with van der Waals surface area (Å²) in [7, 11) is 3.24. The van der Waals surface area contributed by atoms with Crippen LogP contribution in [0, 0.1) is 0 Å². The number of hydrogen-bond acceptors (Lipinski definition) is 6. The van der Waals surface area contributed by atoms with Gasteiger partial charge in [0.2, 0.25) is 0 Å². The Morgan fingerprint density at radius 3 is 2.84 bits per heavy atom. The van der Waals surface area contributed by atoms with Crippen LogP contribution < -0.4 is 14.8 Å². The van der Waals surface area contributed by atoms with Crippen LogP contribution >= 0.6 is 11.8 Å². The van der Waals surface area contributed by atoms with Crippen LogP contribution in [0.5, 0.6) is 11.5 Å². The van der Waals surface area contributed by atoms with Gasteiger partial charge in [0, 0.05) is 37.7 Å². The van der Waals surface area contributed by atoms with E-state index in [-0.39, 0.29) is 6.61 Å². The van der Waals surface area contributed by atoms with Gasteiger partial charge in [0.15, 0.2) is 11.5 Å². The van der Waals surface area contributed by atoms with Crippen LogP contribution in [0.25, 0.3) is 0 Å². The van der Waals surface area contributed by atoms with Crippen molar-refractivity contribution in [3.63, 3.8) is 0 Å². The number of aliphatic hydroxyl groups is 1. The summed E-state index contributed by atoms with van der Waals surface area (Å²) in [6.07, 6.45) is 2.57. The highest BCUT2D eigenvalue weighted by molar-refractivity contribution is 7.99. The van der Waals surface area contributed by atoms with Crippen molar-refractivity contribution >= 4 is 11.8 Å². The van der Waals surface area contributed by atoms with E-state index < -0.39 is 0 Å². The Bertz CT molecular complexity index is 364. The number of methoxy groups -OCH3 is 2. The van der Waals surface area contributed by atoms with E-state index in [0.29, 0.717) is 18.0 Å². The number of aromatic nitrogens is 1. The predicted octanol–water partition coefficient (Wildman–Crippen LogP) is 1.30. The Morgan fingerprint density at radius 2 is 2.16 bits per heavy atom. The third kappa shape index (κ3) is 5.67. The van der Waals surface area contributed by atoms with Gasteiger partial charge in [-0.15, -0.1) is 0 Å². The second-order valence-electron chi connectivity index (χ2n) is 3.86. The minimum atomic E-state index is 0.269. The van der Waals surface area contributed by atoms with Crippen molar-refractivity contribution < 1.29 is 14.6 Å². The highest BCUT2D eigenvalue weighted by atomic mass is 32.2. The Kier molecular flexibility index (Phi) is 8.36. The molecule has 5 nitrogen and oxygen atoms in total. The first-order valence-electron chi connectivity index (χ1n) is 6.28. The lowest BCUT2D eigenvalue weighted by Crippen LogP contribution is -2.18. The number of nitrogens with zero attached hydrogens (tertiary/aromatic N) is 1. The van der Waals surface area contributed by atoms with Crippen molar-refractivity contribution in [2.24, 2.45) is 0 Å². The van der Waals surface area contributed by atoms with E-state index in [2.05, 4.69) is 10.3 Å². The van der Waals surface area contributed by atoms with Crippen molar-refractivity contribution in [3.8, 4) is 11.5 Å². The highest BCUT2D eigenvalue weighted by Crippen LogP contribution is 2.28. The van der Waals surface area contributed by atoms with E-state index in [1.54, 1.807) is 26.5 Å². The summed E-state index contributed by atoms with van der Waals surface area (Å²) in [5, 5.41) is 12.0. The van der Waals surface area contributed by atoms with Gasteiger partial charge in [0.25, 0.3) is 0 Å². The number of nitrogens with one attached hydrogen (secondary N) is 1. The van der Waals surface area contributed by atoms with Gasteiger partial charge in [0.1, 0.15) is 0 Å². The Morgan fingerprint density at radius 1 is 1.32 bits per heavy atom. The lowest BCUT2D eigenvalue weighted by atomic mass is 10.3. The average Bonchev–Trinajstić information content (AvgIpc) is 2.45. The SMILES string of the molecule is COc1ccnc(CNCCSCCCO)c1OC. The standard InChI is InChI=1S/C13H22N2O3S/c1-17-12-4-5-15-11(13(12)18-2)10-14-6-9-19-8-3-7-16/h4-5,14,16H,3,6-10H2,1-2H3. The second kappa shape index (κ2) is 9.89. The van der Waals surface area contributed by atoms with Crippen LogP contribution in [0.1, 0.15) is 12.1 Å². The fraction of sp³-hybridized carbons (Fsp3) is 0.615. The van der Waals surface area contributed by atoms with E-state index in [9.17, 15) is 0 Å². The third-order valence-corrected chi connectivity index (χ3v) is 3.60. The van der Waals surface area contributed by atoms with E-state index in [1.807, 2.05) is 11.8 Å². The van der Waals surface area contributed by atoms with Crippen LogP contribution in [0.3, 0.4) is 0 Å². The van der Waals surface area contributed by atoms with Gasteiger partial charge in [-0.2, -0.15) is 11.8 Å². The van der Waals surface area contributed by atoms with E-state index in [4.69, 9.17) is 14.6 Å². The molecule has 0 saturated carbocycles. The quantitative estimate of drug-likeness (QED) is 0.632. The smallest absolute Gasteiger partial charge is 0.183 e. The molecule has 0 spiro atoms. The highest BCUT2D eigenvalue weighted by Gasteiger charge is 2.09. The van der Waals surface area contributed by atoms with Gasteiger partial charge in [-0.05, 0) is 12.2 Å². The lowest BCUT2D eigenvalue weighted by Gasteiger charge is -2.12. The van der Waals surface area contributed by atoms with Gasteiger partial charge >= 0.3 is 0 Å². The summed E-state index contributed by atoms with van der Waals surface area (Å²) in [5.41, 5.74) is 0.849. The Hall–Kier alpha value is -0.980. The predicted molar refractivity (Wildman–Crippen MR) is 78.1 cm³/mol. The molecule has 0 bridgehead atoms. The molecule has 0 saturated heterocycles. The number of aliphatic hydroxyl groups excluding tert-OH is 1. The normalized spacial score (nSPS) is 10.5. The first kappa shape index (κ1) is 16.1. The van der Waals surface area contributed by atoms with Crippen molar-refractivity contribution in [3.05, 3.63) is 18.0 Å². The summed E-state index contributed by atoms with van der Waals surface area (Å²) in [4.78, 5) is 4.30. The zero-order valence-corrected chi connectivity index (χ0v) is 12.3. The first-order valence-corrected chi connectivity index (χ1v) is 7.44. The van der Waals surface area contributed by atoms with E-state index >= 15 is 0 Å². The Balaban J connectivity index is 2.33. The minimum absolute atomic E-state index is 0.269. The van der Waals surface area contributed by atoms with Crippen LogP contribution in [-0.4, -0.2) is 49.0 Å². The lowest BCUT2D eigenvalue weighted by molar-refractivity contribution is 0.296. The molecule has 19 heavy (non-hydrogen) atoms. The summed E-state index contributed by atoms with van der Waals surface area (Å²) in [6, 6.07) is 1.78. The average molecular weight is 286 g/mol. The molecule has 0 aliphatic carbocycles. The van der Waals surface area contributed by atoms with Gasteiger partial charge in [-0.1, -0.05) is 0 Å². The molecule has 0 aliphatic heterocycles. The molecule has 1 aromatic heterocycles. The topological polar surface area (TPSA) is 63.6 Å². The molecule has 0 aliphatic rings. The van der Waals surface area contributed by atoms with E-state index in [0.717, 1.165) is 30.2 Å². The number of ether oxygens (including phenoxy) is 2. The second-order valence-corrected chi connectivity index (χ2v) is 5.08. The molecule has 1 heterocycles. The minimum Gasteiger partial charge on any atom is -0.493 e. The van der Waals surface area contributed by atoms with Gasteiger partial charge in [-0.3, -0.25) is 4.98 Å². The van der Waals surface area contributed by atoms with Crippen molar-refractivity contribution in [1.82, 2.24) is 10.3 Å². The summed E-state index contributed by atoms with van der Waals surface area (Å²) < 4.78 is 10.5. The summed E-state index contributed by atoms with van der Waals surface area (Å²) in [6.45, 7) is 1.82.